The molecule has 0 saturated heterocycles. The number of fused-ring (bicyclic) bond motifs is 1. The van der Waals surface area contributed by atoms with Crippen LogP contribution >= 0.6 is 0 Å². The molecule has 134 valence electrons. The van der Waals surface area contributed by atoms with Gasteiger partial charge in [0.1, 0.15) is 0 Å². The number of nitrogens with zero attached hydrogens (tertiary/aromatic N) is 1. The van der Waals surface area contributed by atoms with Crippen LogP contribution < -0.4 is 10.6 Å². The van der Waals surface area contributed by atoms with Crippen molar-refractivity contribution in [3.63, 3.8) is 0 Å². The largest absolute Gasteiger partial charge is 0.325 e. The van der Waals surface area contributed by atoms with Crippen molar-refractivity contribution >= 4 is 22.4 Å². The summed E-state index contributed by atoms with van der Waals surface area (Å²) in [6, 6.07) is 16.3. The molecule has 3 aromatic rings. The molecule has 26 heavy (non-hydrogen) atoms. The van der Waals surface area contributed by atoms with Crippen LogP contribution in [0.25, 0.3) is 10.8 Å². The number of carbonyl (C=O) groups excluding carboxylic acids is 1. The summed E-state index contributed by atoms with van der Waals surface area (Å²) in [6.07, 6.45) is 3.58. The minimum absolute atomic E-state index is 0.00425. The third-order valence-electron chi connectivity index (χ3n) is 4.43. The highest BCUT2D eigenvalue weighted by Gasteiger charge is 2.21. The van der Waals surface area contributed by atoms with Crippen LogP contribution in [-0.2, 0) is 4.79 Å². The maximum absolute atomic E-state index is 13.0. The van der Waals surface area contributed by atoms with Gasteiger partial charge in [-0.2, -0.15) is 0 Å². The summed E-state index contributed by atoms with van der Waals surface area (Å²) < 4.78 is 0. The Morgan fingerprint density at radius 2 is 1.81 bits per heavy atom. The molecule has 1 atom stereocenters. The predicted octanol–water partition coefficient (Wildman–Crippen LogP) is 4.26. The number of aryl methyl sites for hydroxylation is 1. The van der Waals surface area contributed by atoms with E-state index in [-0.39, 0.29) is 11.8 Å². The Balaban J connectivity index is 1.82. The van der Waals surface area contributed by atoms with E-state index in [9.17, 15) is 4.79 Å². The van der Waals surface area contributed by atoms with E-state index >= 15 is 0 Å². The van der Waals surface area contributed by atoms with Gasteiger partial charge in [-0.1, -0.05) is 49.7 Å². The molecule has 0 radical (unpaired) electrons. The van der Waals surface area contributed by atoms with Crippen molar-refractivity contribution in [1.82, 2.24) is 10.3 Å². The van der Waals surface area contributed by atoms with E-state index in [0.29, 0.717) is 12.6 Å². The number of benzene rings is 2. The molecular weight excluding hydrogens is 322 g/mol. The van der Waals surface area contributed by atoms with Gasteiger partial charge in [0.15, 0.2) is 0 Å². The van der Waals surface area contributed by atoms with Crippen LogP contribution in [0.2, 0.25) is 0 Å². The number of hydrogen-bond acceptors (Lipinski definition) is 3. The van der Waals surface area contributed by atoms with Crippen molar-refractivity contribution in [2.45, 2.75) is 32.7 Å². The Hall–Kier alpha value is -2.72. The SMILES string of the molecule is Cc1ccc(C(CNC(C)C)C(=O)Nc2ccc3cnccc3c2)cc1. The molecule has 1 aromatic heterocycles. The molecule has 0 spiro atoms. The highest BCUT2D eigenvalue weighted by atomic mass is 16.1. The number of rotatable bonds is 6. The number of carbonyl (C=O) groups is 1. The van der Waals surface area contributed by atoms with Gasteiger partial charge in [0, 0.05) is 36.1 Å². The smallest absolute Gasteiger partial charge is 0.233 e. The minimum atomic E-state index is -0.244. The first-order valence-electron chi connectivity index (χ1n) is 8.97. The van der Waals surface area contributed by atoms with Crippen molar-refractivity contribution in [3.8, 4) is 0 Å². The van der Waals surface area contributed by atoms with Gasteiger partial charge >= 0.3 is 0 Å². The van der Waals surface area contributed by atoms with E-state index in [0.717, 1.165) is 22.0 Å². The molecule has 0 saturated carbocycles. The lowest BCUT2D eigenvalue weighted by molar-refractivity contribution is -0.117. The van der Waals surface area contributed by atoms with E-state index in [2.05, 4.69) is 36.4 Å². The zero-order valence-electron chi connectivity index (χ0n) is 15.5. The average Bonchev–Trinajstić information content (AvgIpc) is 2.63. The van der Waals surface area contributed by atoms with Gasteiger partial charge in [0.2, 0.25) is 5.91 Å². The minimum Gasteiger partial charge on any atom is -0.325 e. The van der Waals surface area contributed by atoms with Gasteiger partial charge in [-0.25, -0.2) is 0 Å². The zero-order valence-corrected chi connectivity index (χ0v) is 15.5. The number of nitrogens with one attached hydrogen (secondary N) is 2. The van der Waals surface area contributed by atoms with Crippen molar-refractivity contribution in [2.75, 3.05) is 11.9 Å². The third kappa shape index (κ3) is 4.46. The lowest BCUT2D eigenvalue weighted by atomic mass is 9.96. The molecule has 0 aliphatic heterocycles. The van der Waals surface area contributed by atoms with Crippen molar-refractivity contribution in [3.05, 3.63) is 72.1 Å². The monoisotopic (exact) mass is 347 g/mol. The maximum atomic E-state index is 13.0. The number of hydrogen-bond donors (Lipinski definition) is 2. The quantitative estimate of drug-likeness (QED) is 0.700. The van der Waals surface area contributed by atoms with Crippen molar-refractivity contribution < 1.29 is 4.79 Å². The summed E-state index contributed by atoms with van der Waals surface area (Å²) in [5, 5.41) is 8.58. The van der Waals surface area contributed by atoms with E-state index in [1.807, 2.05) is 54.7 Å². The number of anilines is 1. The summed E-state index contributed by atoms with van der Waals surface area (Å²) in [4.78, 5) is 17.1. The molecule has 4 heteroatoms. The highest BCUT2D eigenvalue weighted by molar-refractivity contribution is 5.98. The van der Waals surface area contributed by atoms with Crippen LogP contribution in [0.4, 0.5) is 5.69 Å². The first-order valence-corrected chi connectivity index (χ1v) is 8.97. The second-order valence-corrected chi connectivity index (χ2v) is 6.95. The van der Waals surface area contributed by atoms with Gasteiger partial charge < -0.3 is 10.6 Å². The van der Waals surface area contributed by atoms with Gasteiger partial charge in [-0.05, 0) is 36.1 Å². The van der Waals surface area contributed by atoms with Gasteiger partial charge in [-0.3, -0.25) is 9.78 Å². The average molecular weight is 347 g/mol. The summed E-state index contributed by atoms with van der Waals surface area (Å²) in [7, 11) is 0. The molecule has 0 bridgehead atoms. The first-order chi connectivity index (χ1) is 12.5. The highest BCUT2D eigenvalue weighted by Crippen LogP contribution is 2.22. The van der Waals surface area contributed by atoms with Gasteiger partial charge in [0.25, 0.3) is 0 Å². The molecular formula is C22H25N3O. The lowest BCUT2D eigenvalue weighted by Crippen LogP contribution is -2.34. The molecule has 2 N–H and O–H groups in total. The van der Waals surface area contributed by atoms with Crippen LogP contribution in [0.1, 0.15) is 30.9 Å². The lowest BCUT2D eigenvalue weighted by Gasteiger charge is -2.20. The van der Waals surface area contributed by atoms with Crippen LogP contribution in [0.5, 0.6) is 0 Å². The maximum Gasteiger partial charge on any atom is 0.233 e. The second-order valence-electron chi connectivity index (χ2n) is 6.95. The predicted molar refractivity (Wildman–Crippen MR) is 107 cm³/mol. The van der Waals surface area contributed by atoms with Crippen LogP contribution in [0.15, 0.2) is 60.9 Å². The summed E-state index contributed by atoms with van der Waals surface area (Å²) in [5.41, 5.74) is 3.01. The third-order valence-corrected chi connectivity index (χ3v) is 4.43. The fourth-order valence-electron chi connectivity index (χ4n) is 2.90. The molecule has 1 heterocycles. The van der Waals surface area contributed by atoms with Gasteiger partial charge in [-0.15, -0.1) is 0 Å². The molecule has 3 rings (SSSR count). The number of amides is 1. The topological polar surface area (TPSA) is 54.0 Å². The van der Waals surface area contributed by atoms with E-state index in [1.165, 1.54) is 5.56 Å². The fourth-order valence-corrected chi connectivity index (χ4v) is 2.90. The normalized spacial score (nSPS) is 12.3. The van der Waals surface area contributed by atoms with Gasteiger partial charge in [0.05, 0.1) is 5.92 Å². The van der Waals surface area contributed by atoms with Crippen LogP contribution in [0, 0.1) is 6.92 Å². The molecule has 4 nitrogen and oxygen atoms in total. The first kappa shape index (κ1) is 18.1. The molecule has 0 fully saturated rings. The number of pyridine rings is 1. The zero-order chi connectivity index (χ0) is 18.5. The van der Waals surface area contributed by atoms with Crippen LogP contribution in [-0.4, -0.2) is 23.5 Å². The summed E-state index contributed by atoms with van der Waals surface area (Å²) >= 11 is 0. The van der Waals surface area contributed by atoms with Crippen molar-refractivity contribution in [2.24, 2.45) is 0 Å². The number of aromatic nitrogens is 1. The summed E-state index contributed by atoms with van der Waals surface area (Å²) in [5.74, 6) is -0.249. The molecule has 2 aromatic carbocycles. The Bertz CT molecular complexity index is 887. The molecule has 1 amide bonds. The Morgan fingerprint density at radius 1 is 1.04 bits per heavy atom. The van der Waals surface area contributed by atoms with Crippen molar-refractivity contribution in [1.29, 1.82) is 0 Å². The van der Waals surface area contributed by atoms with E-state index < -0.39 is 0 Å². The molecule has 0 aliphatic rings. The van der Waals surface area contributed by atoms with E-state index in [4.69, 9.17) is 0 Å². The Morgan fingerprint density at radius 3 is 2.54 bits per heavy atom. The molecule has 0 aliphatic carbocycles. The standard InChI is InChI=1S/C22H25N3O/c1-15(2)24-14-21(17-6-4-16(3)5-7-17)22(26)25-20-9-8-19-13-23-11-10-18(19)12-20/h4-13,15,21,24H,14H2,1-3H3,(H,25,26). The summed E-state index contributed by atoms with van der Waals surface area (Å²) in [6.45, 7) is 6.82. The fraction of sp³-hybridized carbons (Fsp3) is 0.273. The van der Waals surface area contributed by atoms with Crippen LogP contribution in [0.3, 0.4) is 0 Å². The Kier molecular flexibility index (Phi) is 5.64. The molecule has 1 unspecified atom stereocenters. The Labute approximate surface area is 154 Å². The second kappa shape index (κ2) is 8.11. The van der Waals surface area contributed by atoms with E-state index in [1.54, 1.807) is 6.20 Å².